The van der Waals surface area contributed by atoms with Crippen molar-refractivity contribution in [1.82, 2.24) is 10.2 Å². The Morgan fingerprint density at radius 2 is 1.42 bits per heavy atom. The van der Waals surface area contributed by atoms with Gasteiger partial charge in [0, 0.05) is 23.5 Å². The number of benzene rings is 4. The maximum Gasteiger partial charge on any atom is 0.264 e. The quantitative estimate of drug-likeness (QED) is 0.197. The molecule has 1 N–H and O–H groups in total. The molecule has 9 heteroatoms. The highest BCUT2D eigenvalue weighted by atomic mass is 35.5. The van der Waals surface area contributed by atoms with E-state index in [9.17, 15) is 18.0 Å². The van der Waals surface area contributed by atoms with Crippen LogP contribution in [-0.4, -0.2) is 43.3 Å². The lowest BCUT2D eigenvalue weighted by molar-refractivity contribution is -0.140. The minimum Gasteiger partial charge on any atom is -0.350 e. The lowest BCUT2D eigenvalue weighted by Gasteiger charge is -2.35. The van der Waals surface area contributed by atoms with Gasteiger partial charge in [-0.15, -0.1) is 0 Å². The number of anilines is 1. The molecule has 4 aromatic carbocycles. The van der Waals surface area contributed by atoms with E-state index in [0.29, 0.717) is 10.7 Å². The molecule has 45 heavy (non-hydrogen) atoms. The Morgan fingerprint density at radius 3 is 2.02 bits per heavy atom. The molecule has 1 atom stereocenters. The normalized spacial score (nSPS) is 12.3. The smallest absolute Gasteiger partial charge is 0.264 e. The largest absolute Gasteiger partial charge is 0.350 e. The highest BCUT2D eigenvalue weighted by Gasteiger charge is 2.35. The van der Waals surface area contributed by atoms with Gasteiger partial charge in [-0.2, -0.15) is 0 Å². The SMILES string of the molecule is Cc1ccc(N(CC(=O)N(Cc2ccccc2C)[C@@H](Cc2ccccc2)C(=O)NC(C)(C)C)S(=O)(=O)c2ccc(Cl)cc2)cc1. The van der Waals surface area contributed by atoms with Crippen molar-refractivity contribution in [2.45, 2.75) is 64.1 Å². The first-order chi connectivity index (χ1) is 21.2. The average molecular weight is 646 g/mol. The number of nitrogens with one attached hydrogen (secondary N) is 1. The first-order valence-electron chi connectivity index (χ1n) is 14.8. The Balaban J connectivity index is 1.82. The average Bonchev–Trinajstić information content (AvgIpc) is 2.99. The molecule has 7 nitrogen and oxygen atoms in total. The van der Waals surface area contributed by atoms with Crippen LogP contribution in [0.3, 0.4) is 0 Å². The summed E-state index contributed by atoms with van der Waals surface area (Å²) < 4.78 is 29.3. The molecule has 4 aromatic rings. The number of sulfonamides is 1. The molecule has 236 valence electrons. The standard InChI is InChI=1S/C36H40ClN3O4S/c1-26-15-19-31(20-16-26)40(45(43,44)32-21-17-30(37)18-22-32)25-34(41)39(24-29-14-10-9-11-27(29)2)33(35(42)38-36(3,4)5)23-28-12-7-6-8-13-28/h6-22,33H,23-25H2,1-5H3,(H,38,42)/t33-/m0/s1. The van der Waals surface area contributed by atoms with Gasteiger partial charge in [0.05, 0.1) is 10.6 Å². The monoisotopic (exact) mass is 645 g/mol. The number of halogens is 1. The summed E-state index contributed by atoms with van der Waals surface area (Å²) in [6.07, 6.45) is 0.245. The molecule has 2 amide bonds. The van der Waals surface area contributed by atoms with Gasteiger partial charge in [0.2, 0.25) is 11.8 Å². The number of aryl methyl sites for hydroxylation is 2. The predicted molar refractivity (Wildman–Crippen MR) is 181 cm³/mol. The fourth-order valence-electron chi connectivity index (χ4n) is 4.95. The molecule has 0 saturated carbocycles. The zero-order chi connectivity index (χ0) is 32.8. The lowest BCUT2D eigenvalue weighted by atomic mass is 10.00. The summed E-state index contributed by atoms with van der Waals surface area (Å²) in [7, 11) is -4.20. The van der Waals surface area contributed by atoms with E-state index in [1.807, 2.05) is 89.2 Å². The Labute approximate surface area is 271 Å². The molecular formula is C36H40ClN3O4S. The number of amides is 2. The fourth-order valence-corrected chi connectivity index (χ4v) is 6.49. The van der Waals surface area contributed by atoms with Gasteiger partial charge >= 0.3 is 0 Å². The van der Waals surface area contributed by atoms with Crippen molar-refractivity contribution in [3.05, 3.63) is 130 Å². The lowest BCUT2D eigenvalue weighted by Crippen LogP contribution is -2.56. The molecule has 0 heterocycles. The minimum atomic E-state index is -4.20. The number of carbonyl (C=O) groups excluding carboxylic acids is 2. The molecule has 0 bridgehead atoms. The molecule has 0 aliphatic heterocycles. The second kappa shape index (κ2) is 14.3. The summed E-state index contributed by atoms with van der Waals surface area (Å²) in [6.45, 7) is 9.10. The molecule has 0 fully saturated rings. The van der Waals surface area contributed by atoms with E-state index < -0.39 is 34.1 Å². The second-order valence-electron chi connectivity index (χ2n) is 12.2. The molecule has 0 unspecified atom stereocenters. The molecular weight excluding hydrogens is 606 g/mol. The zero-order valence-corrected chi connectivity index (χ0v) is 27.9. The summed E-state index contributed by atoms with van der Waals surface area (Å²) >= 11 is 6.06. The Morgan fingerprint density at radius 1 is 0.822 bits per heavy atom. The number of hydrogen-bond acceptors (Lipinski definition) is 4. The molecule has 0 aliphatic rings. The molecule has 0 saturated heterocycles. The summed E-state index contributed by atoms with van der Waals surface area (Å²) in [6, 6.07) is 29.0. The van der Waals surface area contributed by atoms with Crippen molar-refractivity contribution in [3.63, 3.8) is 0 Å². The number of nitrogens with zero attached hydrogens (tertiary/aromatic N) is 2. The molecule has 4 rings (SSSR count). The number of hydrogen-bond donors (Lipinski definition) is 1. The highest BCUT2D eigenvalue weighted by molar-refractivity contribution is 7.92. The van der Waals surface area contributed by atoms with Crippen molar-refractivity contribution >= 4 is 39.1 Å². The van der Waals surface area contributed by atoms with Crippen molar-refractivity contribution in [2.24, 2.45) is 0 Å². The van der Waals surface area contributed by atoms with Gasteiger partial charge in [-0.25, -0.2) is 8.42 Å². The van der Waals surface area contributed by atoms with E-state index in [-0.39, 0.29) is 23.8 Å². The Hall–Kier alpha value is -4.14. The van der Waals surface area contributed by atoms with E-state index in [0.717, 1.165) is 26.6 Å². The first kappa shape index (κ1) is 33.7. The first-order valence-corrected chi connectivity index (χ1v) is 16.6. The minimum absolute atomic E-state index is 0.00274. The van der Waals surface area contributed by atoms with Crippen LogP contribution < -0.4 is 9.62 Å². The van der Waals surface area contributed by atoms with Gasteiger partial charge in [0.15, 0.2) is 0 Å². The van der Waals surface area contributed by atoms with Gasteiger partial charge in [0.1, 0.15) is 12.6 Å². The summed E-state index contributed by atoms with van der Waals surface area (Å²) in [5, 5.41) is 3.44. The van der Waals surface area contributed by atoms with Crippen molar-refractivity contribution < 1.29 is 18.0 Å². The van der Waals surface area contributed by atoms with E-state index >= 15 is 0 Å². The van der Waals surface area contributed by atoms with Gasteiger partial charge in [0.25, 0.3) is 10.0 Å². The van der Waals surface area contributed by atoms with Gasteiger partial charge in [-0.1, -0.05) is 83.9 Å². The van der Waals surface area contributed by atoms with Crippen LogP contribution in [0.2, 0.25) is 5.02 Å². The maximum absolute atomic E-state index is 14.6. The van der Waals surface area contributed by atoms with Gasteiger partial charge in [-0.05, 0) is 87.7 Å². The third kappa shape index (κ3) is 8.96. The van der Waals surface area contributed by atoms with Crippen LogP contribution in [0.5, 0.6) is 0 Å². The Kier molecular flexibility index (Phi) is 10.7. The second-order valence-corrected chi connectivity index (χ2v) is 14.5. The molecule has 0 aromatic heterocycles. The van der Waals surface area contributed by atoms with Crippen molar-refractivity contribution in [1.29, 1.82) is 0 Å². The summed E-state index contributed by atoms with van der Waals surface area (Å²) in [5.41, 5.74) is 3.40. The summed E-state index contributed by atoms with van der Waals surface area (Å²) in [5.74, 6) is -0.836. The van der Waals surface area contributed by atoms with Crippen LogP contribution in [0.15, 0.2) is 108 Å². The van der Waals surface area contributed by atoms with Crippen LogP contribution in [-0.2, 0) is 32.6 Å². The fraction of sp³-hybridized carbons (Fsp3) is 0.278. The van der Waals surface area contributed by atoms with Crippen molar-refractivity contribution in [3.8, 4) is 0 Å². The number of rotatable bonds is 11. The third-order valence-electron chi connectivity index (χ3n) is 7.37. The van der Waals surface area contributed by atoms with Gasteiger partial charge < -0.3 is 10.2 Å². The maximum atomic E-state index is 14.6. The van der Waals surface area contributed by atoms with Crippen LogP contribution in [0, 0.1) is 13.8 Å². The van der Waals surface area contributed by atoms with E-state index in [2.05, 4.69) is 5.32 Å². The van der Waals surface area contributed by atoms with E-state index in [1.54, 1.807) is 24.3 Å². The van der Waals surface area contributed by atoms with E-state index in [4.69, 9.17) is 11.6 Å². The topological polar surface area (TPSA) is 86.8 Å². The predicted octanol–water partition coefficient (Wildman–Crippen LogP) is 6.71. The number of carbonyl (C=O) groups is 2. The molecule has 0 spiro atoms. The zero-order valence-electron chi connectivity index (χ0n) is 26.3. The van der Waals surface area contributed by atoms with Crippen molar-refractivity contribution in [2.75, 3.05) is 10.8 Å². The van der Waals surface area contributed by atoms with Crippen LogP contribution in [0.1, 0.15) is 43.0 Å². The molecule has 0 radical (unpaired) electrons. The molecule has 0 aliphatic carbocycles. The summed E-state index contributed by atoms with van der Waals surface area (Å²) in [4.78, 5) is 30.0. The Bertz CT molecular complexity index is 1720. The van der Waals surface area contributed by atoms with E-state index in [1.165, 1.54) is 29.2 Å². The van der Waals surface area contributed by atoms with Crippen LogP contribution in [0.4, 0.5) is 5.69 Å². The van der Waals surface area contributed by atoms with Gasteiger partial charge in [-0.3, -0.25) is 13.9 Å². The van der Waals surface area contributed by atoms with Crippen LogP contribution in [0.25, 0.3) is 0 Å². The van der Waals surface area contributed by atoms with Crippen LogP contribution >= 0.6 is 11.6 Å². The third-order valence-corrected chi connectivity index (χ3v) is 9.41. The highest BCUT2D eigenvalue weighted by Crippen LogP contribution is 2.27.